The van der Waals surface area contributed by atoms with Crippen LogP contribution in [0.3, 0.4) is 0 Å². The number of hydrogen-bond acceptors (Lipinski definition) is 1. The Hall–Kier alpha value is -0.0400. The minimum absolute atomic E-state index is 1.25. The van der Waals surface area contributed by atoms with Crippen LogP contribution in [0.1, 0.15) is 13.8 Å². The van der Waals surface area contributed by atoms with Gasteiger partial charge >= 0.3 is 0 Å². The van der Waals surface area contributed by atoms with Gasteiger partial charge in [0.25, 0.3) is 0 Å². The molecule has 5 heavy (non-hydrogen) atoms. The summed E-state index contributed by atoms with van der Waals surface area (Å²) in [5.74, 6) is 0. The first-order chi connectivity index (χ1) is 2.50. The van der Waals surface area contributed by atoms with E-state index in [1.807, 2.05) is 13.8 Å². The molecule has 1 N–H and O–H groups in total. The zero-order valence-corrected chi connectivity index (χ0v) is 3.91. The van der Waals surface area contributed by atoms with Gasteiger partial charge < -0.3 is 5.32 Å². The van der Waals surface area contributed by atoms with Crippen LogP contribution in [0, 0.1) is 0 Å². The van der Waals surface area contributed by atoms with Gasteiger partial charge in [-0.2, -0.15) is 0 Å². The molecule has 1 heteroatoms. The Bertz CT molecular complexity index is 8.36. The van der Waals surface area contributed by atoms with E-state index >= 15 is 0 Å². The maximum absolute atomic E-state index is 3.00. The molecule has 0 aliphatic carbocycles. The SMILES string of the molecule is C1CN1.CC. The smallest absolute Gasteiger partial charge is 0.00772 e. The van der Waals surface area contributed by atoms with Gasteiger partial charge in [-0.05, 0) is 0 Å². The van der Waals surface area contributed by atoms with Crippen molar-refractivity contribution in [3.8, 4) is 0 Å². The van der Waals surface area contributed by atoms with E-state index in [0.29, 0.717) is 0 Å². The highest BCUT2D eigenvalue weighted by atomic mass is 15.0. The van der Waals surface area contributed by atoms with E-state index in [4.69, 9.17) is 0 Å². The van der Waals surface area contributed by atoms with Gasteiger partial charge in [0.1, 0.15) is 0 Å². The molecule has 0 aromatic heterocycles. The monoisotopic (exact) mass is 73.1 g/mol. The Kier molecular flexibility index (Phi) is 3.93. The van der Waals surface area contributed by atoms with Crippen molar-refractivity contribution < 1.29 is 0 Å². The summed E-state index contributed by atoms with van der Waals surface area (Å²) in [7, 11) is 0. The normalized spacial score (nSPS) is 15.6. The van der Waals surface area contributed by atoms with Crippen LogP contribution >= 0.6 is 0 Å². The van der Waals surface area contributed by atoms with Crippen molar-refractivity contribution in [2.45, 2.75) is 13.8 Å². The van der Waals surface area contributed by atoms with Crippen molar-refractivity contribution in [2.75, 3.05) is 13.1 Å². The lowest BCUT2D eigenvalue weighted by Crippen LogP contribution is -1.56. The molecule has 1 rings (SSSR count). The van der Waals surface area contributed by atoms with Gasteiger partial charge in [0, 0.05) is 13.1 Å². The molecular formula is C4H11N. The van der Waals surface area contributed by atoms with Gasteiger partial charge in [-0.15, -0.1) is 0 Å². The quantitative estimate of drug-likeness (QED) is 0.417. The molecule has 32 valence electrons. The highest BCUT2D eigenvalue weighted by Crippen LogP contribution is 1.65. The molecular weight excluding hydrogens is 62.1 g/mol. The van der Waals surface area contributed by atoms with Crippen molar-refractivity contribution in [1.29, 1.82) is 0 Å². The first-order valence-electron chi connectivity index (χ1n) is 2.21. The van der Waals surface area contributed by atoms with E-state index in [1.165, 1.54) is 13.1 Å². The van der Waals surface area contributed by atoms with Crippen LogP contribution in [-0.4, -0.2) is 13.1 Å². The van der Waals surface area contributed by atoms with Crippen LogP contribution in [0.5, 0.6) is 0 Å². The Morgan fingerprint density at radius 2 is 1.40 bits per heavy atom. The molecule has 0 atom stereocenters. The maximum atomic E-state index is 3.00. The van der Waals surface area contributed by atoms with E-state index in [2.05, 4.69) is 5.32 Å². The fourth-order valence-electron chi connectivity index (χ4n) is 0. The number of nitrogens with one attached hydrogen (secondary N) is 1. The minimum Gasteiger partial charge on any atom is -0.314 e. The van der Waals surface area contributed by atoms with Crippen molar-refractivity contribution >= 4 is 0 Å². The Labute approximate surface area is 33.4 Å². The topological polar surface area (TPSA) is 21.9 Å². The molecule has 0 unspecified atom stereocenters. The minimum atomic E-state index is 1.25. The predicted molar refractivity (Wildman–Crippen MR) is 24.2 cm³/mol. The number of rotatable bonds is 0. The second-order valence-corrected chi connectivity index (χ2v) is 0.750. The second-order valence-electron chi connectivity index (χ2n) is 0.750. The molecule has 0 aromatic carbocycles. The van der Waals surface area contributed by atoms with E-state index in [0.717, 1.165) is 0 Å². The highest BCUT2D eigenvalue weighted by Gasteiger charge is 1.91. The third kappa shape index (κ3) is 16.5. The molecule has 0 amide bonds. The summed E-state index contributed by atoms with van der Waals surface area (Å²) < 4.78 is 0. The largest absolute Gasteiger partial charge is 0.314 e. The van der Waals surface area contributed by atoms with Crippen LogP contribution in [0.15, 0.2) is 0 Å². The fraction of sp³-hybridized carbons (Fsp3) is 1.00. The fourth-order valence-corrected chi connectivity index (χ4v) is 0. The summed E-state index contributed by atoms with van der Waals surface area (Å²) >= 11 is 0. The average Bonchev–Trinajstić information content (AvgIpc) is 2.19. The molecule has 0 saturated carbocycles. The maximum Gasteiger partial charge on any atom is 0.00772 e. The lowest BCUT2D eigenvalue weighted by atomic mass is 11.0. The molecule has 0 aromatic rings. The molecule has 1 heterocycles. The van der Waals surface area contributed by atoms with Crippen molar-refractivity contribution in [1.82, 2.24) is 5.32 Å². The van der Waals surface area contributed by atoms with Crippen molar-refractivity contribution in [3.05, 3.63) is 0 Å². The second kappa shape index (κ2) is 3.96. The van der Waals surface area contributed by atoms with Gasteiger partial charge in [-0.1, -0.05) is 13.8 Å². The van der Waals surface area contributed by atoms with E-state index < -0.39 is 0 Å². The van der Waals surface area contributed by atoms with Gasteiger partial charge in [-0.3, -0.25) is 0 Å². The van der Waals surface area contributed by atoms with Gasteiger partial charge in [0.15, 0.2) is 0 Å². The van der Waals surface area contributed by atoms with Crippen LogP contribution in [0.4, 0.5) is 0 Å². The Morgan fingerprint density at radius 1 is 1.20 bits per heavy atom. The molecule has 0 bridgehead atoms. The van der Waals surface area contributed by atoms with Crippen molar-refractivity contribution in [3.63, 3.8) is 0 Å². The number of hydrogen-bond donors (Lipinski definition) is 1. The molecule has 0 radical (unpaired) electrons. The van der Waals surface area contributed by atoms with Gasteiger partial charge in [0.05, 0.1) is 0 Å². The third-order valence-corrected chi connectivity index (χ3v) is 0.250. The van der Waals surface area contributed by atoms with Crippen LogP contribution < -0.4 is 5.32 Å². The molecule has 1 fully saturated rings. The van der Waals surface area contributed by atoms with Crippen LogP contribution in [-0.2, 0) is 0 Å². The standard InChI is InChI=1S/C2H5N.C2H6/c1-2-3-1;1-2/h3H,1-2H2;1-2H3. The summed E-state index contributed by atoms with van der Waals surface area (Å²) in [5.41, 5.74) is 0. The lowest BCUT2D eigenvalue weighted by Gasteiger charge is -1.21. The zero-order chi connectivity index (χ0) is 4.12. The molecule has 1 nitrogen and oxygen atoms in total. The predicted octanol–water partition coefficient (Wildman–Crippen LogP) is 0.616. The molecule has 1 saturated heterocycles. The molecule has 1 aliphatic heterocycles. The third-order valence-electron chi connectivity index (χ3n) is 0.250. The van der Waals surface area contributed by atoms with E-state index in [-0.39, 0.29) is 0 Å². The Morgan fingerprint density at radius 3 is 1.40 bits per heavy atom. The van der Waals surface area contributed by atoms with E-state index in [9.17, 15) is 0 Å². The van der Waals surface area contributed by atoms with Crippen LogP contribution in [0.2, 0.25) is 0 Å². The summed E-state index contributed by atoms with van der Waals surface area (Å²) in [6.07, 6.45) is 0. The molecule has 0 spiro atoms. The highest BCUT2D eigenvalue weighted by molar-refractivity contribution is 4.58. The summed E-state index contributed by atoms with van der Waals surface area (Å²) in [4.78, 5) is 0. The van der Waals surface area contributed by atoms with Crippen LogP contribution in [0.25, 0.3) is 0 Å². The van der Waals surface area contributed by atoms with Gasteiger partial charge in [0.2, 0.25) is 0 Å². The van der Waals surface area contributed by atoms with Crippen molar-refractivity contribution in [2.24, 2.45) is 0 Å². The summed E-state index contributed by atoms with van der Waals surface area (Å²) in [5, 5.41) is 3.00. The first-order valence-corrected chi connectivity index (χ1v) is 2.21. The molecule has 1 aliphatic rings. The Balaban J connectivity index is 0.0000000733. The zero-order valence-electron chi connectivity index (χ0n) is 3.91. The summed E-state index contributed by atoms with van der Waals surface area (Å²) in [6.45, 7) is 6.50. The van der Waals surface area contributed by atoms with Gasteiger partial charge in [-0.25, -0.2) is 0 Å². The lowest BCUT2D eigenvalue weighted by molar-refractivity contribution is 1.34. The first kappa shape index (κ1) is 4.96. The summed E-state index contributed by atoms with van der Waals surface area (Å²) in [6, 6.07) is 0. The van der Waals surface area contributed by atoms with E-state index in [1.54, 1.807) is 0 Å². The average molecular weight is 73.1 g/mol.